The van der Waals surface area contributed by atoms with Crippen molar-refractivity contribution in [3.63, 3.8) is 0 Å². The fourth-order valence-electron chi connectivity index (χ4n) is 3.03. The molecule has 2 aromatic rings. The third-order valence-electron chi connectivity index (χ3n) is 4.38. The van der Waals surface area contributed by atoms with E-state index in [2.05, 4.69) is 20.0 Å². The number of fused-ring (bicyclic) bond motifs is 1. The molecule has 0 unspecified atom stereocenters. The van der Waals surface area contributed by atoms with Crippen molar-refractivity contribution in [2.45, 2.75) is 6.42 Å². The molecule has 2 aromatic heterocycles. The molecule has 0 saturated carbocycles. The first-order valence-corrected chi connectivity index (χ1v) is 7.77. The lowest BCUT2D eigenvalue weighted by Crippen LogP contribution is -2.25. The Bertz CT molecular complexity index is 767. The smallest absolute Gasteiger partial charge is 0.213 e. The van der Waals surface area contributed by atoms with Crippen LogP contribution in [0.1, 0.15) is 5.56 Å². The van der Waals surface area contributed by atoms with Gasteiger partial charge in [0.2, 0.25) is 5.88 Å². The van der Waals surface area contributed by atoms with Crippen molar-refractivity contribution in [1.29, 1.82) is 0 Å². The molecular formula is C16H20FN5O2. The molecule has 1 atom stereocenters. The standard InChI is InChI=1S/C16H20FN5O2/c1-24-15-3-2-13-16(20-15)11(12(17)7-19-13)4-5-22-8-10(6-18)14(9-22)21-23/h2-3,7,10,23H,4-6,8-9,18H2,1H3/b21-14-/t10-/m1/s1. The molecule has 3 rings (SSSR count). The van der Waals surface area contributed by atoms with Crippen molar-refractivity contribution in [2.24, 2.45) is 16.8 Å². The molecule has 1 saturated heterocycles. The highest BCUT2D eigenvalue weighted by Gasteiger charge is 2.28. The Hall–Kier alpha value is -2.32. The van der Waals surface area contributed by atoms with Gasteiger partial charge in [-0.15, -0.1) is 0 Å². The van der Waals surface area contributed by atoms with E-state index in [1.807, 2.05) is 0 Å². The summed E-state index contributed by atoms with van der Waals surface area (Å²) in [6, 6.07) is 3.47. The van der Waals surface area contributed by atoms with E-state index in [-0.39, 0.29) is 11.7 Å². The van der Waals surface area contributed by atoms with Gasteiger partial charge in [-0.25, -0.2) is 9.37 Å². The SMILES string of the molecule is COc1ccc2ncc(F)c(CCN3C/C(=N/O)[C@H](CN)C3)c2n1. The van der Waals surface area contributed by atoms with Crippen LogP contribution in [-0.4, -0.2) is 59.1 Å². The van der Waals surface area contributed by atoms with Crippen molar-refractivity contribution in [3.8, 4) is 5.88 Å². The molecule has 0 spiro atoms. The van der Waals surface area contributed by atoms with Gasteiger partial charge < -0.3 is 15.7 Å². The second kappa shape index (κ2) is 7.06. The van der Waals surface area contributed by atoms with Crippen LogP contribution in [0.3, 0.4) is 0 Å². The third-order valence-corrected chi connectivity index (χ3v) is 4.38. The van der Waals surface area contributed by atoms with Gasteiger partial charge in [-0.2, -0.15) is 0 Å². The molecule has 24 heavy (non-hydrogen) atoms. The summed E-state index contributed by atoms with van der Waals surface area (Å²) in [4.78, 5) is 10.5. The van der Waals surface area contributed by atoms with Gasteiger partial charge in [0.15, 0.2) is 0 Å². The highest BCUT2D eigenvalue weighted by molar-refractivity contribution is 5.90. The molecule has 7 nitrogen and oxygen atoms in total. The number of nitrogens with zero attached hydrogens (tertiary/aromatic N) is 4. The lowest BCUT2D eigenvalue weighted by atomic mass is 10.1. The molecular weight excluding hydrogens is 313 g/mol. The highest BCUT2D eigenvalue weighted by atomic mass is 19.1. The third kappa shape index (κ3) is 3.15. The Morgan fingerprint density at radius 3 is 3.00 bits per heavy atom. The summed E-state index contributed by atoms with van der Waals surface area (Å²) in [6.07, 6.45) is 1.69. The quantitative estimate of drug-likeness (QED) is 0.627. The van der Waals surface area contributed by atoms with Gasteiger partial charge in [0.25, 0.3) is 0 Å². The van der Waals surface area contributed by atoms with Crippen molar-refractivity contribution < 1.29 is 14.3 Å². The van der Waals surface area contributed by atoms with E-state index in [1.165, 1.54) is 13.3 Å². The van der Waals surface area contributed by atoms with E-state index in [1.54, 1.807) is 12.1 Å². The zero-order valence-electron chi connectivity index (χ0n) is 13.4. The van der Waals surface area contributed by atoms with E-state index in [0.29, 0.717) is 60.8 Å². The number of nitrogens with two attached hydrogens (primary N) is 1. The van der Waals surface area contributed by atoms with E-state index < -0.39 is 0 Å². The predicted molar refractivity (Wildman–Crippen MR) is 88.0 cm³/mol. The van der Waals surface area contributed by atoms with Crippen LogP contribution in [0.2, 0.25) is 0 Å². The van der Waals surface area contributed by atoms with Gasteiger partial charge in [0.05, 0.1) is 30.1 Å². The summed E-state index contributed by atoms with van der Waals surface area (Å²) in [7, 11) is 1.52. The van der Waals surface area contributed by atoms with Gasteiger partial charge in [-0.3, -0.25) is 9.88 Å². The average Bonchev–Trinajstić information content (AvgIpc) is 3.02. The highest BCUT2D eigenvalue weighted by Crippen LogP contribution is 2.22. The van der Waals surface area contributed by atoms with Gasteiger partial charge in [0, 0.05) is 43.7 Å². The number of hydrogen-bond acceptors (Lipinski definition) is 7. The number of pyridine rings is 2. The van der Waals surface area contributed by atoms with Crippen LogP contribution in [0.5, 0.6) is 5.88 Å². The minimum Gasteiger partial charge on any atom is -0.481 e. The first-order valence-electron chi connectivity index (χ1n) is 7.77. The van der Waals surface area contributed by atoms with Crippen molar-refractivity contribution in [3.05, 3.63) is 29.7 Å². The van der Waals surface area contributed by atoms with Crippen LogP contribution >= 0.6 is 0 Å². The Morgan fingerprint density at radius 1 is 1.50 bits per heavy atom. The number of methoxy groups -OCH3 is 1. The number of likely N-dealkylation sites (tertiary alicyclic amines) is 1. The lowest BCUT2D eigenvalue weighted by Gasteiger charge is -2.15. The zero-order valence-corrected chi connectivity index (χ0v) is 13.4. The van der Waals surface area contributed by atoms with Crippen molar-refractivity contribution in [2.75, 3.05) is 33.3 Å². The molecule has 0 aromatic carbocycles. The summed E-state index contributed by atoms with van der Waals surface area (Å²) < 4.78 is 19.4. The Morgan fingerprint density at radius 2 is 2.33 bits per heavy atom. The van der Waals surface area contributed by atoms with Crippen LogP contribution < -0.4 is 10.5 Å². The molecule has 0 bridgehead atoms. The zero-order chi connectivity index (χ0) is 17.1. The van der Waals surface area contributed by atoms with E-state index in [0.717, 1.165) is 0 Å². The number of ether oxygens (including phenoxy) is 1. The largest absolute Gasteiger partial charge is 0.481 e. The summed E-state index contributed by atoms with van der Waals surface area (Å²) in [5.41, 5.74) is 8.02. The van der Waals surface area contributed by atoms with E-state index in [4.69, 9.17) is 15.7 Å². The molecule has 128 valence electrons. The van der Waals surface area contributed by atoms with Crippen LogP contribution in [0.4, 0.5) is 4.39 Å². The minimum absolute atomic E-state index is 0.0484. The second-order valence-electron chi connectivity index (χ2n) is 5.82. The maximum Gasteiger partial charge on any atom is 0.213 e. The number of aromatic nitrogens is 2. The van der Waals surface area contributed by atoms with Gasteiger partial charge >= 0.3 is 0 Å². The average molecular weight is 333 g/mol. The normalized spacial score (nSPS) is 20.1. The fraction of sp³-hybridized carbons (Fsp3) is 0.438. The molecule has 0 radical (unpaired) electrons. The van der Waals surface area contributed by atoms with Crippen LogP contribution in [0.25, 0.3) is 11.0 Å². The van der Waals surface area contributed by atoms with Gasteiger partial charge in [0.1, 0.15) is 5.82 Å². The molecule has 0 aliphatic carbocycles. The summed E-state index contributed by atoms with van der Waals surface area (Å²) in [6.45, 7) is 2.29. The molecule has 1 aliphatic heterocycles. The van der Waals surface area contributed by atoms with Crippen LogP contribution in [-0.2, 0) is 6.42 Å². The molecule has 1 aliphatic rings. The molecule has 0 amide bonds. The monoisotopic (exact) mass is 333 g/mol. The van der Waals surface area contributed by atoms with Crippen molar-refractivity contribution in [1.82, 2.24) is 14.9 Å². The fourth-order valence-corrected chi connectivity index (χ4v) is 3.03. The van der Waals surface area contributed by atoms with E-state index in [9.17, 15) is 4.39 Å². The van der Waals surface area contributed by atoms with Gasteiger partial charge in [-0.1, -0.05) is 5.16 Å². The second-order valence-corrected chi connectivity index (χ2v) is 5.82. The topological polar surface area (TPSA) is 96.9 Å². The first-order chi connectivity index (χ1) is 11.7. The molecule has 1 fully saturated rings. The number of hydrogen-bond donors (Lipinski definition) is 2. The molecule has 8 heteroatoms. The Labute approximate surface area is 138 Å². The van der Waals surface area contributed by atoms with Gasteiger partial charge in [-0.05, 0) is 12.5 Å². The Balaban J connectivity index is 1.81. The summed E-state index contributed by atoms with van der Waals surface area (Å²) >= 11 is 0. The summed E-state index contributed by atoms with van der Waals surface area (Å²) in [5.74, 6) is 0.0938. The Kier molecular flexibility index (Phi) is 4.86. The predicted octanol–water partition coefficient (Wildman–Crippen LogP) is 1.04. The van der Waals surface area contributed by atoms with Crippen LogP contribution in [0.15, 0.2) is 23.5 Å². The number of halogens is 1. The van der Waals surface area contributed by atoms with Crippen LogP contribution in [0, 0.1) is 11.7 Å². The number of oxime groups is 1. The van der Waals surface area contributed by atoms with E-state index >= 15 is 0 Å². The maximum absolute atomic E-state index is 14.3. The lowest BCUT2D eigenvalue weighted by molar-refractivity contribution is 0.314. The first kappa shape index (κ1) is 16.5. The van der Waals surface area contributed by atoms with Crippen molar-refractivity contribution >= 4 is 16.7 Å². The maximum atomic E-state index is 14.3. The molecule has 3 N–H and O–H groups in total. The molecule has 3 heterocycles. The number of rotatable bonds is 5. The minimum atomic E-state index is -0.381. The summed E-state index contributed by atoms with van der Waals surface area (Å²) in [5, 5.41) is 12.3.